The Bertz CT molecular complexity index is 1030. The van der Waals surface area contributed by atoms with Crippen LogP contribution >= 0.6 is 11.8 Å². The first-order valence-corrected chi connectivity index (χ1v) is 11.0. The van der Waals surface area contributed by atoms with Crippen LogP contribution in [0.5, 0.6) is 0 Å². The van der Waals surface area contributed by atoms with Crippen molar-refractivity contribution in [2.24, 2.45) is 0 Å². The molecule has 0 spiro atoms. The lowest BCUT2D eigenvalue weighted by molar-refractivity contribution is -0.140. The molecule has 0 saturated heterocycles. The molecule has 0 aliphatic heterocycles. The molecule has 1 heterocycles. The number of rotatable bonds is 9. The number of thioether (sulfide) groups is 1. The molecule has 8 heteroatoms. The third-order valence-electron chi connectivity index (χ3n) is 4.68. The Morgan fingerprint density at radius 1 is 1.00 bits per heavy atom. The zero-order chi connectivity index (χ0) is 22.2. The number of esters is 1. The molecule has 0 fully saturated rings. The molecule has 0 aliphatic rings. The minimum atomic E-state index is -0.279. The molecule has 31 heavy (non-hydrogen) atoms. The van der Waals surface area contributed by atoms with E-state index in [1.54, 1.807) is 0 Å². The van der Waals surface area contributed by atoms with Crippen LogP contribution in [-0.2, 0) is 14.3 Å². The van der Waals surface area contributed by atoms with Crippen LogP contribution in [0.2, 0.25) is 0 Å². The molecule has 0 unspecified atom stereocenters. The van der Waals surface area contributed by atoms with E-state index in [0.29, 0.717) is 18.1 Å². The standard InChI is InChI=1S/C23H26N4O3S/c1-16-6-10-18(11-7-16)22-25-26-23(27(22)19-12-8-17(2)9-13-19)31-15-20(28)24-14-4-5-21(29)30-3/h6-13H,4-5,14-15H2,1-3H3,(H,24,28). The fourth-order valence-corrected chi connectivity index (χ4v) is 3.71. The summed E-state index contributed by atoms with van der Waals surface area (Å²) in [6, 6.07) is 16.2. The quantitative estimate of drug-likeness (QED) is 0.311. The van der Waals surface area contributed by atoms with Gasteiger partial charge in [0.05, 0.1) is 12.9 Å². The molecular formula is C23H26N4O3S. The molecule has 0 saturated carbocycles. The number of benzene rings is 2. The molecule has 3 rings (SSSR count). The van der Waals surface area contributed by atoms with Gasteiger partial charge in [-0.3, -0.25) is 14.2 Å². The lowest BCUT2D eigenvalue weighted by Gasteiger charge is -2.11. The Morgan fingerprint density at radius 3 is 2.29 bits per heavy atom. The monoisotopic (exact) mass is 438 g/mol. The van der Waals surface area contributed by atoms with Crippen molar-refractivity contribution in [2.75, 3.05) is 19.4 Å². The van der Waals surface area contributed by atoms with Gasteiger partial charge in [-0.15, -0.1) is 10.2 Å². The Kier molecular flexibility index (Phi) is 7.83. The largest absolute Gasteiger partial charge is 0.469 e. The minimum Gasteiger partial charge on any atom is -0.469 e. The Labute approximate surface area is 186 Å². The number of aromatic nitrogens is 3. The smallest absolute Gasteiger partial charge is 0.305 e. The number of carbonyl (C=O) groups excluding carboxylic acids is 2. The summed E-state index contributed by atoms with van der Waals surface area (Å²) in [4.78, 5) is 23.4. The average Bonchev–Trinajstić information content (AvgIpc) is 3.20. The molecule has 1 aromatic heterocycles. The summed E-state index contributed by atoms with van der Waals surface area (Å²) >= 11 is 1.33. The molecule has 0 bridgehead atoms. The van der Waals surface area contributed by atoms with Crippen LogP contribution in [-0.4, -0.2) is 46.0 Å². The molecule has 0 aliphatic carbocycles. The molecule has 2 aromatic carbocycles. The van der Waals surface area contributed by atoms with Crippen LogP contribution in [0.15, 0.2) is 53.7 Å². The van der Waals surface area contributed by atoms with Crippen molar-refractivity contribution in [1.29, 1.82) is 0 Å². The first-order valence-electron chi connectivity index (χ1n) is 10.0. The fraction of sp³-hybridized carbons (Fsp3) is 0.304. The van der Waals surface area contributed by atoms with Crippen LogP contribution < -0.4 is 5.32 Å². The number of hydrogen-bond donors (Lipinski definition) is 1. The number of amides is 1. The molecule has 162 valence electrons. The normalized spacial score (nSPS) is 10.7. The highest BCUT2D eigenvalue weighted by Crippen LogP contribution is 2.28. The first kappa shape index (κ1) is 22.6. The van der Waals surface area contributed by atoms with E-state index >= 15 is 0 Å². The van der Waals surface area contributed by atoms with Crippen molar-refractivity contribution >= 4 is 23.6 Å². The molecule has 1 N–H and O–H groups in total. The van der Waals surface area contributed by atoms with E-state index in [-0.39, 0.29) is 24.1 Å². The van der Waals surface area contributed by atoms with Gasteiger partial charge in [0.1, 0.15) is 0 Å². The van der Waals surface area contributed by atoms with E-state index in [1.807, 2.05) is 66.9 Å². The van der Waals surface area contributed by atoms with Crippen LogP contribution in [0.4, 0.5) is 0 Å². The molecule has 3 aromatic rings. The Balaban J connectivity index is 1.74. The summed E-state index contributed by atoms with van der Waals surface area (Å²) in [5.41, 5.74) is 4.22. The van der Waals surface area contributed by atoms with Gasteiger partial charge in [0, 0.05) is 24.2 Å². The second-order valence-corrected chi connectivity index (χ2v) is 8.10. The number of carbonyl (C=O) groups is 2. The van der Waals surface area contributed by atoms with E-state index in [9.17, 15) is 9.59 Å². The lowest BCUT2D eigenvalue weighted by atomic mass is 10.1. The van der Waals surface area contributed by atoms with Gasteiger partial charge in [0.25, 0.3) is 0 Å². The highest BCUT2D eigenvalue weighted by Gasteiger charge is 2.17. The molecule has 1 amide bonds. The summed E-state index contributed by atoms with van der Waals surface area (Å²) in [6.45, 7) is 4.50. The summed E-state index contributed by atoms with van der Waals surface area (Å²) in [7, 11) is 1.35. The van der Waals surface area contributed by atoms with Gasteiger partial charge in [-0.25, -0.2) is 0 Å². The number of aryl methyl sites for hydroxylation is 2. The predicted molar refractivity (Wildman–Crippen MR) is 121 cm³/mol. The SMILES string of the molecule is COC(=O)CCCNC(=O)CSc1nnc(-c2ccc(C)cc2)n1-c1ccc(C)cc1. The lowest BCUT2D eigenvalue weighted by Crippen LogP contribution is -2.26. The zero-order valence-corrected chi connectivity index (χ0v) is 18.7. The Hall–Kier alpha value is -3.13. The van der Waals surface area contributed by atoms with Crippen LogP contribution in [0.3, 0.4) is 0 Å². The number of hydrogen-bond acceptors (Lipinski definition) is 6. The molecule has 0 atom stereocenters. The minimum absolute atomic E-state index is 0.120. The van der Waals surface area contributed by atoms with Crippen molar-refractivity contribution in [1.82, 2.24) is 20.1 Å². The van der Waals surface area contributed by atoms with Crippen molar-refractivity contribution in [3.05, 3.63) is 59.7 Å². The van der Waals surface area contributed by atoms with Gasteiger partial charge in [-0.2, -0.15) is 0 Å². The third kappa shape index (κ3) is 6.18. The van der Waals surface area contributed by atoms with E-state index < -0.39 is 0 Å². The van der Waals surface area contributed by atoms with Gasteiger partial charge in [0.15, 0.2) is 11.0 Å². The average molecular weight is 439 g/mol. The van der Waals surface area contributed by atoms with Crippen molar-refractivity contribution in [2.45, 2.75) is 31.8 Å². The van der Waals surface area contributed by atoms with Crippen molar-refractivity contribution < 1.29 is 14.3 Å². The maximum absolute atomic E-state index is 12.2. The van der Waals surface area contributed by atoms with E-state index in [2.05, 4.69) is 20.3 Å². The highest BCUT2D eigenvalue weighted by atomic mass is 32.2. The van der Waals surface area contributed by atoms with Gasteiger partial charge >= 0.3 is 5.97 Å². The maximum Gasteiger partial charge on any atom is 0.305 e. The summed E-state index contributed by atoms with van der Waals surface area (Å²) in [6.07, 6.45) is 0.825. The second kappa shape index (κ2) is 10.8. The topological polar surface area (TPSA) is 86.1 Å². The van der Waals surface area contributed by atoms with E-state index in [4.69, 9.17) is 0 Å². The van der Waals surface area contributed by atoms with Gasteiger partial charge < -0.3 is 10.1 Å². The zero-order valence-electron chi connectivity index (χ0n) is 17.9. The van der Waals surface area contributed by atoms with E-state index in [1.165, 1.54) is 24.4 Å². The van der Waals surface area contributed by atoms with Gasteiger partial charge in [0.2, 0.25) is 5.91 Å². The van der Waals surface area contributed by atoms with E-state index in [0.717, 1.165) is 22.6 Å². The number of nitrogens with zero attached hydrogens (tertiary/aromatic N) is 3. The van der Waals surface area contributed by atoms with Gasteiger partial charge in [-0.1, -0.05) is 59.3 Å². The molecule has 7 nitrogen and oxygen atoms in total. The van der Waals surface area contributed by atoms with Crippen LogP contribution in [0.1, 0.15) is 24.0 Å². The molecule has 0 radical (unpaired) electrons. The summed E-state index contributed by atoms with van der Waals surface area (Å²) < 4.78 is 6.57. The third-order valence-corrected chi connectivity index (χ3v) is 5.60. The maximum atomic E-state index is 12.2. The summed E-state index contributed by atoms with van der Waals surface area (Å²) in [5.74, 6) is 0.532. The van der Waals surface area contributed by atoms with Crippen LogP contribution in [0, 0.1) is 13.8 Å². The van der Waals surface area contributed by atoms with Crippen LogP contribution in [0.25, 0.3) is 17.1 Å². The van der Waals surface area contributed by atoms with Crippen molar-refractivity contribution in [3.8, 4) is 17.1 Å². The second-order valence-electron chi connectivity index (χ2n) is 7.16. The first-order chi connectivity index (χ1) is 15.0. The Morgan fingerprint density at radius 2 is 1.65 bits per heavy atom. The molecular weight excluding hydrogens is 412 g/mol. The predicted octanol–water partition coefficient (Wildman–Crippen LogP) is 3.71. The number of methoxy groups -OCH3 is 1. The summed E-state index contributed by atoms with van der Waals surface area (Å²) in [5, 5.41) is 12.2. The fourth-order valence-electron chi connectivity index (χ4n) is 2.92. The van der Waals surface area contributed by atoms with Gasteiger partial charge in [-0.05, 0) is 32.4 Å². The number of ether oxygens (including phenoxy) is 1. The highest BCUT2D eigenvalue weighted by molar-refractivity contribution is 7.99. The number of nitrogens with one attached hydrogen (secondary N) is 1. The van der Waals surface area contributed by atoms with Crippen molar-refractivity contribution in [3.63, 3.8) is 0 Å².